The molecule has 0 spiro atoms. The van der Waals surface area contributed by atoms with Gasteiger partial charge in [0.1, 0.15) is 6.10 Å². The van der Waals surface area contributed by atoms with Gasteiger partial charge in [0.2, 0.25) is 0 Å². The summed E-state index contributed by atoms with van der Waals surface area (Å²) in [6.45, 7) is 2.05. The van der Waals surface area contributed by atoms with Crippen molar-refractivity contribution in [3.8, 4) is 0 Å². The van der Waals surface area contributed by atoms with Gasteiger partial charge in [0.15, 0.2) is 0 Å². The van der Waals surface area contributed by atoms with E-state index in [2.05, 4.69) is 12.3 Å². The van der Waals surface area contributed by atoms with E-state index in [1.165, 1.54) is 61.8 Å². The van der Waals surface area contributed by atoms with E-state index in [0.29, 0.717) is 0 Å². The smallest absolute Gasteiger partial charge is 0.105 e. The molecule has 0 amide bonds. The van der Waals surface area contributed by atoms with Gasteiger partial charge < -0.3 is 15.9 Å². The third-order valence-corrected chi connectivity index (χ3v) is 4.70. The van der Waals surface area contributed by atoms with Crippen molar-refractivity contribution in [2.45, 2.75) is 70.4 Å². The normalized spacial score (nSPS) is 14.4. The highest BCUT2D eigenvalue weighted by molar-refractivity contribution is 7.10. The van der Waals surface area contributed by atoms with Gasteiger partial charge in [-0.3, -0.25) is 0 Å². The van der Waals surface area contributed by atoms with Crippen LogP contribution in [0, 0.1) is 0 Å². The number of aliphatic hydroxyl groups excluding tert-OH is 2. The molecular weight excluding hydrogens is 270 g/mol. The van der Waals surface area contributed by atoms with Gasteiger partial charge in [-0.2, -0.15) is 0 Å². The van der Waals surface area contributed by atoms with Crippen molar-refractivity contribution in [3.05, 3.63) is 21.9 Å². The number of aliphatic hydroxyl groups is 2. The van der Waals surface area contributed by atoms with E-state index in [9.17, 15) is 5.11 Å². The Morgan fingerprint density at radius 1 is 1.15 bits per heavy atom. The molecule has 0 aliphatic carbocycles. The van der Waals surface area contributed by atoms with E-state index >= 15 is 0 Å². The number of thiophene rings is 1. The number of rotatable bonds is 11. The van der Waals surface area contributed by atoms with Crippen LogP contribution < -0.4 is 5.73 Å². The Kier molecular flexibility index (Phi) is 9.10. The molecule has 1 aromatic rings. The zero-order chi connectivity index (χ0) is 14.8. The molecule has 0 bridgehead atoms. The number of hydrogen-bond acceptors (Lipinski definition) is 4. The van der Waals surface area contributed by atoms with Crippen LogP contribution in [-0.4, -0.2) is 22.9 Å². The van der Waals surface area contributed by atoms with Crippen molar-refractivity contribution in [3.63, 3.8) is 0 Å². The molecule has 0 aliphatic rings. The molecule has 0 saturated heterocycles. The van der Waals surface area contributed by atoms with Crippen LogP contribution in [0.4, 0.5) is 0 Å². The molecule has 0 saturated carbocycles. The summed E-state index contributed by atoms with van der Waals surface area (Å²) >= 11 is 1.54. The molecule has 4 heteroatoms. The lowest BCUT2D eigenvalue weighted by Crippen LogP contribution is -2.31. The van der Waals surface area contributed by atoms with Gasteiger partial charge >= 0.3 is 0 Å². The van der Waals surface area contributed by atoms with E-state index in [1.54, 1.807) is 0 Å². The second-order valence-corrected chi connectivity index (χ2v) is 6.46. The summed E-state index contributed by atoms with van der Waals surface area (Å²) in [6.07, 6.45) is 9.54. The number of unbranched alkanes of at least 4 members (excludes halogenated alkanes) is 6. The van der Waals surface area contributed by atoms with Gasteiger partial charge in [-0.1, -0.05) is 45.4 Å². The predicted octanol–water partition coefficient (Wildman–Crippen LogP) is 3.39. The van der Waals surface area contributed by atoms with E-state index in [-0.39, 0.29) is 6.61 Å². The summed E-state index contributed by atoms with van der Waals surface area (Å²) in [7, 11) is 0. The Labute approximate surface area is 126 Å². The largest absolute Gasteiger partial charge is 0.395 e. The number of hydrogen-bond donors (Lipinski definition) is 3. The molecule has 3 nitrogen and oxygen atoms in total. The molecule has 1 aromatic heterocycles. The summed E-state index contributed by atoms with van der Waals surface area (Å²) in [5, 5.41) is 21.0. The minimum Gasteiger partial charge on any atom is -0.395 e. The maximum atomic E-state index is 9.92. The standard InChI is InChI=1S/C16H29NO2S/c1-2-3-4-5-6-7-8-9-13-10-15(20-12-13)16(19)14(17)11-18/h10,12,14,16,18-19H,2-9,11,17H2,1H3. The van der Waals surface area contributed by atoms with E-state index in [1.807, 2.05) is 6.07 Å². The van der Waals surface area contributed by atoms with Crippen LogP contribution in [0.2, 0.25) is 0 Å². The summed E-state index contributed by atoms with van der Waals surface area (Å²) in [4.78, 5) is 0.865. The van der Waals surface area contributed by atoms with Crippen LogP contribution in [0.15, 0.2) is 11.4 Å². The van der Waals surface area contributed by atoms with Crippen molar-refractivity contribution in [1.82, 2.24) is 0 Å². The first-order valence-electron chi connectivity index (χ1n) is 7.80. The fourth-order valence-electron chi connectivity index (χ4n) is 2.28. The van der Waals surface area contributed by atoms with Gasteiger partial charge in [-0.15, -0.1) is 11.3 Å². The Balaban J connectivity index is 2.20. The average Bonchev–Trinajstić information content (AvgIpc) is 2.93. The second kappa shape index (κ2) is 10.3. The second-order valence-electron chi connectivity index (χ2n) is 5.52. The van der Waals surface area contributed by atoms with Crippen LogP contribution in [0.3, 0.4) is 0 Å². The van der Waals surface area contributed by atoms with Gasteiger partial charge in [0, 0.05) is 4.88 Å². The van der Waals surface area contributed by atoms with Crippen molar-refractivity contribution < 1.29 is 10.2 Å². The van der Waals surface area contributed by atoms with Crippen molar-refractivity contribution in [1.29, 1.82) is 0 Å². The quantitative estimate of drug-likeness (QED) is 0.549. The lowest BCUT2D eigenvalue weighted by molar-refractivity contribution is 0.112. The van der Waals surface area contributed by atoms with Gasteiger partial charge in [0.25, 0.3) is 0 Å². The minimum absolute atomic E-state index is 0.188. The highest BCUT2D eigenvalue weighted by Gasteiger charge is 2.17. The van der Waals surface area contributed by atoms with E-state index in [0.717, 1.165) is 11.3 Å². The molecule has 0 aliphatic heterocycles. The monoisotopic (exact) mass is 299 g/mol. The Morgan fingerprint density at radius 3 is 2.45 bits per heavy atom. The molecule has 0 radical (unpaired) electrons. The van der Waals surface area contributed by atoms with Crippen LogP contribution in [0.5, 0.6) is 0 Å². The SMILES string of the molecule is CCCCCCCCCc1csc(C(O)C(N)CO)c1. The molecule has 20 heavy (non-hydrogen) atoms. The Hall–Kier alpha value is -0.420. The Morgan fingerprint density at radius 2 is 1.80 bits per heavy atom. The molecule has 0 aromatic carbocycles. The molecule has 0 fully saturated rings. The van der Waals surface area contributed by atoms with Crippen LogP contribution in [0.1, 0.15) is 68.4 Å². The number of nitrogens with two attached hydrogens (primary N) is 1. The van der Waals surface area contributed by atoms with Crippen LogP contribution in [-0.2, 0) is 6.42 Å². The zero-order valence-corrected chi connectivity index (χ0v) is 13.4. The number of aryl methyl sites for hydroxylation is 1. The first-order valence-corrected chi connectivity index (χ1v) is 8.68. The molecule has 2 atom stereocenters. The lowest BCUT2D eigenvalue weighted by atomic mass is 10.1. The summed E-state index contributed by atoms with van der Waals surface area (Å²) in [6, 6.07) is 1.45. The molecule has 4 N–H and O–H groups in total. The minimum atomic E-state index is -0.743. The first kappa shape index (κ1) is 17.6. The van der Waals surface area contributed by atoms with Gasteiger partial charge in [0.05, 0.1) is 12.6 Å². The van der Waals surface area contributed by atoms with Gasteiger partial charge in [-0.25, -0.2) is 0 Å². The van der Waals surface area contributed by atoms with Crippen molar-refractivity contribution in [2.75, 3.05) is 6.61 Å². The summed E-state index contributed by atoms with van der Waals surface area (Å²) in [5.41, 5.74) is 6.92. The van der Waals surface area contributed by atoms with Gasteiger partial charge in [-0.05, 0) is 29.9 Å². The fourth-order valence-corrected chi connectivity index (χ4v) is 3.28. The topological polar surface area (TPSA) is 66.5 Å². The van der Waals surface area contributed by atoms with E-state index < -0.39 is 12.1 Å². The first-order chi connectivity index (χ1) is 9.69. The van der Waals surface area contributed by atoms with Crippen LogP contribution in [0.25, 0.3) is 0 Å². The zero-order valence-electron chi connectivity index (χ0n) is 12.6. The molecule has 116 valence electrons. The summed E-state index contributed by atoms with van der Waals surface area (Å²) in [5.74, 6) is 0. The average molecular weight is 299 g/mol. The predicted molar refractivity (Wildman–Crippen MR) is 86.0 cm³/mol. The molecule has 1 heterocycles. The molecule has 1 rings (SSSR count). The lowest BCUT2D eigenvalue weighted by Gasteiger charge is -2.14. The fraction of sp³-hybridized carbons (Fsp3) is 0.750. The third-order valence-electron chi connectivity index (χ3n) is 3.65. The molecule has 2 unspecified atom stereocenters. The third kappa shape index (κ3) is 6.35. The highest BCUT2D eigenvalue weighted by atomic mass is 32.1. The van der Waals surface area contributed by atoms with Crippen molar-refractivity contribution >= 4 is 11.3 Å². The maximum Gasteiger partial charge on any atom is 0.105 e. The Bertz CT molecular complexity index is 354. The summed E-state index contributed by atoms with van der Waals surface area (Å²) < 4.78 is 0. The molecular formula is C16H29NO2S. The maximum absolute atomic E-state index is 9.92. The van der Waals surface area contributed by atoms with Crippen molar-refractivity contribution in [2.24, 2.45) is 5.73 Å². The van der Waals surface area contributed by atoms with Crippen LogP contribution >= 0.6 is 11.3 Å². The van der Waals surface area contributed by atoms with E-state index in [4.69, 9.17) is 10.8 Å². The highest BCUT2D eigenvalue weighted by Crippen LogP contribution is 2.25.